The van der Waals surface area contributed by atoms with Gasteiger partial charge in [-0.15, -0.1) is 5.10 Å². The average molecular weight is 379 g/mol. The molecule has 1 fully saturated rings. The SMILES string of the molecule is CC1(C)C(=O)Nc2cc(Nc3nc4c(N5CC[C@@H](O)C5)nccn4n3)ccc21. The van der Waals surface area contributed by atoms with Crippen molar-refractivity contribution in [3.05, 3.63) is 36.2 Å². The van der Waals surface area contributed by atoms with Gasteiger partial charge in [0.2, 0.25) is 11.9 Å². The van der Waals surface area contributed by atoms with E-state index in [0.29, 0.717) is 24.0 Å². The molecule has 9 heteroatoms. The van der Waals surface area contributed by atoms with Gasteiger partial charge in [0.05, 0.1) is 11.5 Å². The third-order valence-electron chi connectivity index (χ3n) is 5.46. The molecular weight excluding hydrogens is 358 g/mol. The summed E-state index contributed by atoms with van der Waals surface area (Å²) in [4.78, 5) is 23.2. The molecule has 1 aromatic carbocycles. The van der Waals surface area contributed by atoms with E-state index < -0.39 is 5.41 Å². The molecule has 144 valence electrons. The molecule has 0 aliphatic carbocycles. The molecule has 2 aromatic heterocycles. The molecule has 9 nitrogen and oxygen atoms in total. The van der Waals surface area contributed by atoms with Crippen LogP contribution < -0.4 is 15.5 Å². The van der Waals surface area contributed by atoms with Crippen LogP contribution in [0.25, 0.3) is 5.65 Å². The number of benzene rings is 1. The summed E-state index contributed by atoms with van der Waals surface area (Å²) in [7, 11) is 0. The minimum atomic E-state index is -0.532. The summed E-state index contributed by atoms with van der Waals surface area (Å²) < 4.78 is 1.67. The number of carbonyl (C=O) groups is 1. The standard InChI is InChI=1S/C19H21N7O2/c1-19(2)13-4-3-11(9-14(13)22-17(19)28)21-18-23-16-15(20-6-8-26(16)24-18)25-7-5-12(27)10-25/h3-4,6,8-9,12,27H,5,7,10H2,1-2H3,(H,21,24)(H,22,28)/t12-/m1/s1. The number of carbonyl (C=O) groups excluding carboxylic acids is 1. The molecule has 0 bridgehead atoms. The molecule has 4 heterocycles. The van der Waals surface area contributed by atoms with Gasteiger partial charge in [-0.25, -0.2) is 9.50 Å². The number of β-amino-alcohol motifs (C(OH)–C–C–N with tert-alkyl or cyclic N) is 1. The van der Waals surface area contributed by atoms with E-state index in [0.717, 1.165) is 29.9 Å². The second kappa shape index (κ2) is 5.90. The van der Waals surface area contributed by atoms with Gasteiger partial charge in [0.15, 0.2) is 11.5 Å². The molecular formula is C19H21N7O2. The van der Waals surface area contributed by atoms with Crippen LogP contribution in [-0.2, 0) is 10.2 Å². The maximum absolute atomic E-state index is 12.1. The van der Waals surface area contributed by atoms with Crippen molar-refractivity contribution in [3.63, 3.8) is 0 Å². The smallest absolute Gasteiger partial charge is 0.247 e. The third kappa shape index (κ3) is 2.58. The lowest BCUT2D eigenvalue weighted by atomic mass is 9.86. The molecule has 0 spiro atoms. The summed E-state index contributed by atoms with van der Waals surface area (Å²) >= 11 is 0. The van der Waals surface area contributed by atoms with E-state index in [9.17, 15) is 9.90 Å². The van der Waals surface area contributed by atoms with Crippen LogP contribution in [0.1, 0.15) is 25.8 Å². The lowest BCUT2D eigenvalue weighted by Crippen LogP contribution is -2.26. The van der Waals surface area contributed by atoms with Crippen molar-refractivity contribution in [1.82, 2.24) is 19.6 Å². The lowest BCUT2D eigenvalue weighted by Gasteiger charge is -2.16. The van der Waals surface area contributed by atoms with Crippen LogP contribution in [-0.4, -0.2) is 49.8 Å². The fourth-order valence-electron chi connectivity index (χ4n) is 3.82. The highest BCUT2D eigenvalue weighted by molar-refractivity contribution is 6.06. The number of fused-ring (bicyclic) bond motifs is 2. The summed E-state index contributed by atoms with van der Waals surface area (Å²) in [5.74, 6) is 1.15. The summed E-state index contributed by atoms with van der Waals surface area (Å²) in [6, 6.07) is 5.76. The molecule has 0 unspecified atom stereocenters. The first kappa shape index (κ1) is 16.9. The number of hydrogen-bond acceptors (Lipinski definition) is 7. The molecule has 0 radical (unpaired) electrons. The van der Waals surface area contributed by atoms with Gasteiger partial charge in [-0.2, -0.15) is 4.98 Å². The Labute approximate surface area is 161 Å². The van der Waals surface area contributed by atoms with E-state index in [1.807, 2.05) is 36.9 Å². The lowest BCUT2D eigenvalue weighted by molar-refractivity contribution is -0.119. The molecule has 1 atom stereocenters. The first-order valence-corrected chi connectivity index (χ1v) is 9.29. The van der Waals surface area contributed by atoms with Crippen LogP contribution in [0.3, 0.4) is 0 Å². The Kier molecular flexibility index (Phi) is 3.57. The van der Waals surface area contributed by atoms with Crippen molar-refractivity contribution in [1.29, 1.82) is 0 Å². The molecule has 1 saturated heterocycles. The Balaban J connectivity index is 1.45. The summed E-state index contributed by atoms with van der Waals surface area (Å²) in [6.45, 7) is 5.11. The first-order chi connectivity index (χ1) is 13.4. The Morgan fingerprint density at radius 3 is 3.00 bits per heavy atom. The van der Waals surface area contributed by atoms with Crippen molar-refractivity contribution in [3.8, 4) is 0 Å². The molecule has 5 rings (SSSR count). The zero-order valence-corrected chi connectivity index (χ0v) is 15.7. The summed E-state index contributed by atoms with van der Waals surface area (Å²) in [5.41, 5.74) is 2.67. The van der Waals surface area contributed by atoms with Crippen molar-refractivity contribution >= 4 is 34.7 Å². The molecule has 3 aromatic rings. The predicted octanol–water partition coefficient (Wildman–Crippen LogP) is 1.67. The topological polar surface area (TPSA) is 108 Å². The maximum Gasteiger partial charge on any atom is 0.247 e. The highest BCUT2D eigenvalue weighted by Crippen LogP contribution is 2.39. The Hall–Kier alpha value is -3.20. The predicted molar refractivity (Wildman–Crippen MR) is 105 cm³/mol. The van der Waals surface area contributed by atoms with Crippen LogP contribution in [0.15, 0.2) is 30.6 Å². The van der Waals surface area contributed by atoms with E-state index in [2.05, 4.69) is 25.7 Å². The van der Waals surface area contributed by atoms with E-state index >= 15 is 0 Å². The summed E-state index contributed by atoms with van der Waals surface area (Å²) in [6.07, 6.45) is 3.81. The number of amides is 1. The van der Waals surface area contributed by atoms with Crippen molar-refractivity contribution in [2.75, 3.05) is 28.6 Å². The van der Waals surface area contributed by atoms with Gasteiger partial charge in [0.25, 0.3) is 0 Å². The van der Waals surface area contributed by atoms with E-state index in [1.54, 1.807) is 16.9 Å². The van der Waals surface area contributed by atoms with Gasteiger partial charge in [0, 0.05) is 36.9 Å². The number of aliphatic hydroxyl groups is 1. The van der Waals surface area contributed by atoms with Crippen molar-refractivity contribution < 1.29 is 9.90 Å². The fourth-order valence-corrected chi connectivity index (χ4v) is 3.82. The number of aromatic nitrogens is 4. The Morgan fingerprint density at radius 2 is 2.21 bits per heavy atom. The molecule has 2 aliphatic rings. The van der Waals surface area contributed by atoms with Crippen LogP contribution in [0.4, 0.5) is 23.1 Å². The van der Waals surface area contributed by atoms with Gasteiger partial charge >= 0.3 is 0 Å². The third-order valence-corrected chi connectivity index (χ3v) is 5.46. The Bertz CT molecular complexity index is 1090. The van der Waals surface area contributed by atoms with Crippen LogP contribution in [0, 0.1) is 0 Å². The van der Waals surface area contributed by atoms with Crippen molar-refractivity contribution in [2.24, 2.45) is 0 Å². The van der Waals surface area contributed by atoms with Gasteiger partial charge < -0.3 is 20.6 Å². The number of aliphatic hydroxyl groups excluding tert-OH is 1. The number of anilines is 4. The number of nitrogens with zero attached hydrogens (tertiary/aromatic N) is 5. The first-order valence-electron chi connectivity index (χ1n) is 9.29. The molecule has 0 saturated carbocycles. The number of rotatable bonds is 3. The monoisotopic (exact) mass is 379 g/mol. The summed E-state index contributed by atoms with van der Waals surface area (Å²) in [5, 5.41) is 20.4. The normalized spacial score (nSPS) is 20.5. The minimum Gasteiger partial charge on any atom is -0.391 e. The minimum absolute atomic E-state index is 0.00554. The van der Waals surface area contributed by atoms with Crippen LogP contribution >= 0.6 is 0 Å². The zero-order chi connectivity index (χ0) is 19.5. The largest absolute Gasteiger partial charge is 0.391 e. The molecule has 1 amide bonds. The quantitative estimate of drug-likeness (QED) is 0.635. The van der Waals surface area contributed by atoms with Gasteiger partial charge in [-0.1, -0.05) is 6.07 Å². The highest BCUT2D eigenvalue weighted by Gasteiger charge is 2.38. The van der Waals surface area contributed by atoms with Crippen LogP contribution in [0.2, 0.25) is 0 Å². The maximum atomic E-state index is 12.1. The molecule has 2 aliphatic heterocycles. The van der Waals surface area contributed by atoms with E-state index in [1.165, 1.54) is 0 Å². The Morgan fingerprint density at radius 1 is 1.36 bits per heavy atom. The van der Waals surface area contributed by atoms with Gasteiger partial charge in [0.1, 0.15) is 0 Å². The van der Waals surface area contributed by atoms with Crippen molar-refractivity contribution in [2.45, 2.75) is 31.8 Å². The second-order valence-corrected chi connectivity index (χ2v) is 7.81. The van der Waals surface area contributed by atoms with E-state index in [-0.39, 0.29) is 12.0 Å². The zero-order valence-electron chi connectivity index (χ0n) is 15.7. The molecule has 28 heavy (non-hydrogen) atoms. The van der Waals surface area contributed by atoms with E-state index in [4.69, 9.17) is 0 Å². The van der Waals surface area contributed by atoms with Gasteiger partial charge in [-0.3, -0.25) is 4.79 Å². The molecule has 3 N–H and O–H groups in total. The van der Waals surface area contributed by atoms with Gasteiger partial charge in [-0.05, 0) is 38.0 Å². The van der Waals surface area contributed by atoms with Crippen LogP contribution in [0.5, 0.6) is 0 Å². The highest BCUT2D eigenvalue weighted by atomic mass is 16.3. The number of nitrogens with one attached hydrogen (secondary N) is 2. The average Bonchev–Trinajstić information content (AvgIpc) is 3.31. The fraction of sp³-hybridized carbons (Fsp3) is 0.368. The second-order valence-electron chi connectivity index (χ2n) is 7.81. The number of hydrogen-bond donors (Lipinski definition) is 3.